The maximum absolute atomic E-state index is 6.14. The molecule has 0 N–H and O–H groups in total. The number of hydrogen-bond donors (Lipinski definition) is 0. The predicted molar refractivity (Wildman–Crippen MR) is 101 cm³/mol. The normalized spacial score (nSPS) is 30.0. The van der Waals surface area contributed by atoms with E-state index in [0.717, 1.165) is 18.6 Å². The maximum atomic E-state index is 6.14. The lowest BCUT2D eigenvalue weighted by Gasteiger charge is -2.43. The molecular weight excluding hydrogens is 299 g/mol. The highest BCUT2D eigenvalue weighted by molar-refractivity contribution is 6.62. The molecule has 2 unspecified atom stereocenters. The van der Waals surface area contributed by atoms with Crippen LogP contribution in [0.15, 0.2) is 24.3 Å². The fourth-order valence-electron chi connectivity index (χ4n) is 3.44. The molecule has 0 radical (unpaired) electrons. The van der Waals surface area contributed by atoms with Gasteiger partial charge in [0.15, 0.2) is 0 Å². The van der Waals surface area contributed by atoms with Crippen LogP contribution in [0.4, 0.5) is 5.69 Å². The molecule has 2 atom stereocenters. The molecule has 132 valence electrons. The second-order valence-electron chi connectivity index (χ2n) is 8.45. The van der Waals surface area contributed by atoms with E-state index in [-0.39, 0.29) is 18.3 Å². The van der Waals surface area contributed by atoms with Crippen LogP contribution < -0.4 is 10.4 Å². The van der Waals surface area contributed by atoms with Crippen molar-refractivity contribution in [2.75, 3.05) is 25.0 Å². The van der Waals surface area contributed by atoms with Crippen molar-refractivity contribution in [3.8, 4) is 0 Å². The molecule has 2 aliphatic heterocycles. The highest BCUT2D eigenvalue weighted by Crippen LogP contribution is 2.36. The molecule has 3 rings (SSSR count). The van der Waals surface area contributed by atoms with Crippen molar-refractivity contribution < 1.29 is 9.31 Å². The van der Waals surface area contributed by atoms with Gasteiger partial charge < -0.3 is 14.2 Å². The minimum absolute atomic E-state index is 0.283. The first-order valence-corrected chi connectivity index (χ1v) is 9.03. The van der Waals surface area contributed by atoms with Crippen molar-refractivity contribution in [3.63, 3.8) is 0 Å². The van der Waals surface area contributed by atoms with Gasteiger partial charge >= 0.3 is 7.12 Å². The summed E-state index contributed by atoms with van der Waals surface area (Å²) >= 11 is 0. The van der Waals surface area contributed by atoms with Crippen LogP contribution in [0.25, 0.3) is 0 Å². The molecule has 2 saturated heterocycles. The molecule has 2 heterocycles. The predicted octanol–water partition coefficient (Wildman–Crippen LogP) is 2.51. The molecular formula is C19H31BN2O2. The van der Waals surface area contributed by atoms with Gasteiger partial charge in [0, 0.05) is 30.9 Å². The molecule has 0 bridgehead atoms. The topological polar surface area (TPSA) is 24.9 Å². The third kappa shape index (κ3) is 3.09. The smallest absolute Gasteiger partial charge is 0.399 e. The number of hydrogen-bond acceptors (Lipinski definition) is 4. The molecule has 0 saturated carbocycles. The molecule has 1 aromatic rings. The summed E-state index contributed by atoms with van der Waals surface area (Å²) in [5, 5.41) is 0. The van der Waals surface area contributed by atoms with Gasteiger partial charge in [0.25, 0.3) is 0 Å². The van der Waals surface area contributed by atoms with E-state index < -0.39 is 0 Å². The number of nitrogens with zero attached hydrogens (tertiary/aromatic N) is 2. The minimum Gasteiger partial charge on any atom is -0.399 e. The summed E-state index contributed by atoms with van der Waals surface area (Å²) in [5.74, 6) is 0. The van der Waals surface area contributed by atoms with E-state index in [1.165, 1.54) is 5.69 Å². The first-order chi connectivity index (χ1) is 11.1. The lowest BCUT2D eigenvalue weighted by Crippen LogP contribution is -2.55. The van der Waals surface area contributed by atoms with E-state index in [2.05, 4.69) is 82.7 Å². The number of anilines is 1. The summed E-state index contributed by atoms with van der Waals surface area (Å²) in [5.41, 5.74) is 1.78. The van der Waals surface area contributed by atoms with Crippen molar-refractivity contribution in [1.82, 2.24) is 4.90 Å². The lowest BCUT2D eigenvalue weighted by molar-refractivity contribution is 0.00578. The zero-order chi connectivity index (χ0) is 17.7. The molecule has 0 spiro atoms. The molecule has 2 aliphatic rings. The SMILES string of the molecule is CC1CN(c2ccc(B3OC(C)(C)C(C)(C)O3)cc2)CC(C)N1C. The molecule has 2 fully saturated rings. The zero-order valence-corrected chi connectivity index (χ0v) is 16.2. The third-order valence-electron chi connectivity index (χ3n) is 6.14. The van der Waals surface area contributed by atoms with Crippen LogP contribution in [0.1, 0.15) is 41.5 Å². The van der Waals surface area contributed by atoms with Crippen LogP contribution in [-0.4, -0.2) is 55.4 Å². The van der Waals surface area contributed by atoms with Crippen molar-refractivity contribution in [1.29, 1.82) is 0 Å². The number of likely N-dealkylation sites (N-methyl/N-ethyl adjacent to an activating group) is 1. The highest BCUT2D eigenvalue weighted by Gasteiger charge is 2.51. The van der Waals surface area contributed by atoms with Crippen molar-refractivity contribution >= 4 is 18.3 Å². The van der Waals surface area contributed by atoms with Crippen LogP contribution in [0, 0.1) is 0 Å². The van der Waals surface area contributed by atoms with Gasteiger partial charge in [0.2, 0.25) is 0 Å². The van der Waals surface area contributed by atoms with Gasteiger partial charge in [-0.1, -0.05) is 12.1 Å². The summed E-state index contributed by atoms with van der Waals surface area (Å²) in [6, 6.07) is 9.82. The lowest BCUT2D eigenvalue weighted by atomic mass is 9.79. The number of rotatable bonds is 2. The number of benzene rings is 1. The molecule has 0 aliphatic carbocycles. The summed E-state index contributed by atoms with van der Waals surface area (Å²) < 4.78 is 12.3. The van der Waals surface area contributed by atoms with E-state index in [1.807, 2.05) is 0 Å². The number of piperazine rings is 1. The zero-order valence-electron chi connectivity index (χ0n) is 16.2. The Labute approximate surface area is 147 Å². The fraction of sp³-hybridized carbons (Fsp3) is 0.684. The highest BCUT2D eigenvalue weighted by atomic mass is 16.7. The minimum atomic E-state index is -0.293. The van der Waals surface area contributed by atoms with Crippen molar-refractivity contribution in [3.05, 3.63) is 24.3 Å². The van der Waals surface area contributed by atoms with E-state index in [1.54, 1.807) is 0 Å². The quantitative estimate of drug-likeness (QED) is 0.778. The Morgan fingerprint density at radius 2 is 1.38 bits per heavy atom. The van der Waals surface area contributed by atoms with Gasteiger partial charge in [-0.2, -0.15) is 0 Å². The Kier molecular flexibility index (Phi) is 4.48. The van der Waals surface area contributed by atoms with Gasteiger partial charge in [-0.05, 0) is 66.2 Å². The van der Waals surface area contributed by atoms with Crippen LogP contribution in [0.2, 0.25) is 0 Å². The van der Waals surface area contributed by atoms with Crippen molar-refractivity contribution in [2.24, 2.45) is 0 Å². The van der Waals surface area contributed by atoms with Gasteiger partial charge in [0.05, 0.1) is 11.2 Å². The van der Waals surface area contributed by atoms with E-state index in [4.69, 9.17) is 9.31 Å². The van der Waals surface area contributed by atoms with E-state index >= 15 is 0 Å². The molecule has 0 amide bonds. The molecule has 24 heavy (non-hydrogen) atoms. The summed E-state index contributed by atoms with van der Waals surface area (Å²) in [4.78, 5) is 4.93. The second kappa shape index (κ2) is 6.04. The van der Waals surface area contributed by atoms with E-state index in [0.29, 0.717) is 12.1 Å². The standard InChI is InChI=1S/C19H31BN2O2/c1-14-12-22(13-15(2)21(14)7)17-10-8-16(9-11-17)20-23-18(3,4)19(5,6)24-20/h8-11,14-15H,12-13H2,1-7H3. The Morgan fingerprint density at radius 1 is 0.917 bits per heavy atom. The fourth-order valence-corrected chi connectivity index (χ4v) is 3.44. The van der Waals surface area contributed by atoms with Crippen LogP contribution in [-0.2, 0) is 9.31 Å². The largest absolute Gasteiger partial charge is 0.494 e. The second-order valence-corrected chi connectivity index (χ2v) is 8.45. The van der Waals surface area contributed by atoms with Crippen molar-refractivity contribution in [2.45, 2.75) is 64.8 Å². The first-order valence-electron chi connectivity index (χ1n) is 9.03. The molecule has 4 nitrogen and oxygen atoms in total. The van der Waals surface area contributed by atoms with Gasteiger partial charge in [0.1, 0.15) is 0 Å². The van der Waals surface area contributed by atoms with Crippen LogP contribution in [0.5, 0.6) is 0 Å². The van der Waals surface area contributed by atoms with E-state index in [9.17, 15) is 0 Å². The van der Waals surface area contributed by atoms with Crippen LogP contribution >= 0.6 is 0 Å². The van der Waals surface area contributed by atoms with Gasteiger partial charge in [-0.25, -0.2) is 0 Å². The monoisotopic (exact) mass is 330 g/mol. The van der Waals surface area contributed by atoms with Gasteiger partial charge in [-0.15, -0.1) is 0 Å². The molecule has 5 heteroatoms. The Balaban J connectivity index is 1.73. The first kappa shape index (κ1) is 17.8. The maximum Gasteiger partial charge on any atom is 0.494 e. The molecule has 1 aromatic carbocycles. The van der Waals surface area contributed by atoms with Gasteiger partial charge in [-0.3, -0.25) is 4.90 Å². The Morgan fingerprint density at radius 3 is 1.83 bits per heavy atom. The summed E-state index contributed by atoms with van der Waals surface area (Å²) in [6.07, 6.45) is 0. The Hall–Kier alpha value is -1.04. The Bertz CT molecular complexity index is 560. The summed E-state index contributed by atoms with van der Waals surface area (Å²) in [6.45, 7) is 15.1. The summed E-state index contributed by atoms with van der Waals surface area (Å²) in [7, 11) is 1.93. The third-order valence-corrected chi connectivity index (χ3v) is 6.14. The van der Waals surface area contributed by atoms with Crippen LogP contribution in [0.3, 0.4) is 0 Å². The average molecular weight is 330 g/mol. The molecule has 0 aromatic heterocycles. The average Bonchev–Trinajstić information content (AvgIpc) is 2.73.